The van der Waals surface area contributed by atoms with Crippen LogP contribution in [-0.4, -0.2) is 41.4 Å². The highest BCUT2D eigenvalue weighted by Crippen LogP contribution is 2.24. The minimum absolute atomic E-state index is 0.277. The molecule has 5 heteroatoms. The molecule has 1 aromatic heterocycles. The number of nitrogens with one attached hydrogen (secondary N) is 1. The van der Waals surface area contributed by atoms with Crippen molar-refractivity contribution in [3.05, 3.63) is 18.1 Å². The minimum atomic E-state index is 0.277. The first kappa shape index (κ1) is 13.2. The zero-order chi connectivity index (χ0) is 12.6. The molecule has 1 saturated heterocycles. The van der Waals surface area contributed by atoms with Crippen LogP contribution in [0.2, 0.25) is 0 Å². The number of unbranched alkanes of at least 4 members (excludes halogenated alkanes) is 2. The Kier molecular flexibility index (Phi) is 5.36. The van der Waals surface area contributed by atoms with E-state index in [4.69, 9.17) is 9.84 Å². The SMILES string of the molecule is OCCCCCNc1cc([C@H]2CCOC2)ncn1. The molecule has 1 aromatic rings. The third-order valence-electron chi connectivity index (χ3n) is 3.18. The van der Waals surface area contributed by atoms with Gasteiger partial charge in [-0.25, -0.2) is 9.97 Å². The van der Waals surface area contributed by atoms with Crippen molar-refractivity contribution in [3.63, 3.8) is 0 Å². The van der Waals surface area contributed by atoms with Crippen LogP contribution in [0.15, 0.2) is 12.4 Å². The van der Waals surface area contributed by atoms with Crippen LogP contribution in [-0.2, 0) is 4.74 Å². The second kappa shape index (κ2) is 7.28. The lowest BCUT2D eigenvalue weighted by molar-refractivity contribution is 0.193. The third kappa shape index (κ3) is 3.92. The topological polar surface area (TPSA) is 67.3 Å². The molecule has 0 aromatic carbocycles. The molecule has 0 aliphatic carbocycles. The summed E-state index contributed by atoms with van der Waals surface area (Å²) in [6.07, 6.45) is 5.62. The fourth-order valence-electron chi connectivity index (χ4n) is 2.09. The van der Waals surface area contributed by atoms with Crippen molar-refractivity contribution in [3.8, 4) is 0 Å². The summed E-state index contributed by atoms with van der Waals surface area (Å²) < 4.78 is 5.37. The maximum absolute atomic E-state index is 8.69. The Hall–Kier alpha value is -1.20. The van der Waals surface area contributed by atoms with Gasteiger partial charge in [0.25, 0.3) is 0 Å². The lowest BCUT2D eigenvalue weighted by atomic mass is 10.1. The van der Waals surface area contributed by atoms with Crippen LogP contribution in [0.3, 0.4) is 0 Å². The van der Waals surface area contributed by atoms with E-state index >= 15 is 0 Å². The summed E-state index contributed by atoms with van der Waals surface area (Å²) in [5.41, 5.74) is 1.07. The van der Waals surface area contributed by atoms with Crippen molar-refractivity contribution >= 4 is 5.82 Å². The molecule has 18 heavy (non-hydrogen) atoms. The number of nitrogens with zero attached hydrogens (tertiary/aromatic N) is 2. The predicted molar refractivity (Wildman–Crippen MR) is 69.6 cm³/mol. The van der Waals surface area contributed by atoms with Crippen LogP contribution in [0.25, 0.3) is 0 Å². The Morgan fingerprint density at radius 1 is 1.33 bits per heavy atom. The molecule has 0 saturated carbocycles. The summed E-state index contributed by atoms with van der Waals surface area (Å²) in [4.78, 5) is 8.53. The number of rotatable bonds is 7. The Morgan fingerprint density at radius 2 is 2.28 bits per heavy atom. The zero-order valence-electron chi connectivity index (χ0n) is 10.6. The summed E-state index contributed by atoms with van der Waals surface area (Å²) in [6, 6.07) is 2.02. The first-order valence-electron chi connectivity index (χ1n) is 6.64. The molecule has 0 radical (unpaired) electrons. The van der Waals surface area contributed by atoms with Crippen LogP contribution in [0.5, 0.6) is 0 Å². The summed E-state index contributed by atoms with van der Waals surface area (Å²) >= 11 is 0. The van der Waals surface area contributed by atoms with Crippen LogP contribution in [0.1, 0.15) is 37.3 Å². The highest BCUT2D eigenvalue weighted by Gasteiger charge is 2.19. The maximum Gasteiger partial charge on any atom is 0.129 e. The van der Waals surface area contributed by atoms with E-state index in [2.05, 4.69) is 15.3 Å². The second-order valence-electron chi connectivity index (χ2n) is 4.60. The van der Waals surface area contributed by atoms with Crippen molar-refractivity contribution in [2.75, 3.05) is 31.7 Å². The van der Waals surface area contributed by atoms with Gasteiger partial charge in [0.2, 0.25) is 0 Å². The molecule has 1 fully saturated rings. The lowest BCUT2D eigenvalue weighted by Crippen LogP contribution is -2.07. The van der Waals surface area contributed by atoms with E-state index < -0.39 is 0 Å². The predicted octanol–water partition coefficient (Wildman–Crippen LogP) is 1.55. The van der Waals surface area contributed by atoms with Gasteiger partial charge in [0.1, 0.15) is 12.1 Å². The molecule has 0 amide bonds. The van der Waals surface area contributed by atoms with Crippen molar-refractivity contribution in [1.82, 2.24) is 9.97 Å². The van der Waals surface area contributed by atoms with Gasteiger partial charge in [-0.1, -0.05) is 0 Å². The van der Waals surface area contributed by atoms with Gasteiger partial charge in [-0.05, 0) is 25.7 Å². The van der Waals surface area contributed by atoms with Crippen LogP contribution >= 0.6 is 0 Å². The molecule has 2 heterocycles. The van der Waals surface area contributed by atoms with Gasteiger partial charge in [0.05, 0.1) is 12.3 Å². The van der Waals surface area contributed by atoms with E-state index in [-0.39, 0.29) is 6.61 Å². The van der Waals surface area contributed by atoms with Crippen molar-refractivity contribution in [1.29, 1.82) is 0 Å². The molecule has 0 unspecified atom stereocenters. The largest absolute Gasteiger partial charge is 0.396 e. The molecule has 2 rings (SSSR count). The van der Waals surface area contributed by atoms with Gasteiger partial charge in [-0.15, -0.1) is 0 Å². The van der Waals surface area contributed by atoms with Gasteiger partial charge in [-0.2, -0.15) is 0 Å². The highest BCUT2D eigenvalue weighted by molar-refractivity contribution is 5.35. The summed E-state index contributed by atoms with van der Waals surface area (Å²) in [5, 5.41) is 12.0. The van der Waals surface area contributed by atoms with Gasteiger partial charge < -0.3 is 15.2 Å². The first-order chi connectivity index (χ1) is 8.90. The number of hydrogen-bond acceptors (Lipinski definition) is 5. The Labute approximate surface area is 108 Å². The highest BCUT2D eigenvalue weighted by atomic mass is 16.5. The Balaban J connectivity index is 1.79. The van der Waals surface area contributed by atoms with Crippen molar-refractivity contribution in [2.24, 2.45) is 0 Å². The quantitative estimate of drug-likeness (QED) is 0.720. The average Bonchev–Trinajstić information content (AvgIpc) is 2.93. The normalized spacial score (nSPS) is 19.1. The van der Waals surface area contributed by atoms with Crippen molar-refractivity contribution in [2.45, 2.75) is 31.6 Å². The minimum Gasteiger partial charge on any atom is -0.396 e. The molecular weight excluding hydrogens is 230 g/mol. The molecule has 100 valence electrons. The van der Waals surface area contributed by atoms with E-state index in [0.717, 1.165) is 57.0 Å². The number of aromatic nitrogens is 2. The summed E-state index contributed by atoms with van der Waals surface area (Å²) in [6.45, 7) is 2.77. The molecule has 0 bridgehead atoms. The molecule has 5 nitrogen and oxygen atoms in total. The first-order valence-corrected chi connectivity index (χ1v) is 6.64. The number of anilines is 1. The Morgan fingerprint density at radius 3 is 3.06 bits per heavy atom. The molecule has 1 atom stereocenters. The third-order valence-corrected chi connectivity index (χ3v) is 3.18. The van der Waals surface area contributed by atoms with E-state index in [1.807, 2.05) is 6.07 Å². The standard InChI is InChI=1S/C13H21N3O2/c17-6-3-1-2-5-14-13-8-12(15-10-16-13)11-4-7-18-9-11/h8,10-11,17H,1-7,9H2,(H,14,15,16)/t11-/m0/s1. The molecular formula is C13H21N3O2. The van der Waals surface area contributed by atoms with E-state index in [0.29, 0.717) is 5.92 Å². The number of hydrogen-bond donors (Lipinski definition) is 2. The second-order valence-corrected chi connectivity index (χ2v) is 4.60. The Bertz CT molecular complexity index is 354. The molecule has 2 N–H and O–H groups in total. The van der Waals surface area contributed by atoms with E-state index in [1.54, 1.807) is 6.33 Å². The molecule has 0 spiro atoms. The molecule has 1 aliphatic rings. The van der Waals surface area contributed by atoms with Crippen LogP contribution < -0.4 is 5.32 Å². The van der Waals surface area contributed by atoms with Crippen LogP contribution in [0.4, 0.5) is 5.82 Å². The van der Waals surface area contributed by atoms with Gasteiger partial charge >= 0.3 is 0 Å². The molecule has 1 aliphatic heterocycles. The van der Waals surface area contributed by atoms with E-state index in [9.17, 15) is 0 Å². The van der Waals surface area contributed by atoms with Crippen LogP contribution in [0, 0.1) is 0 Å². The van der Waals surface area contributed by atoms with Crippen molar-refractivity contribution < 1.29 is 9.84 Å². The summed E-state index contributed by atoms with van der Waals surface area (Å²) in [7, 11) is 0. The number of aliphatic hydroxyl groups is 1. The lowest BCUT2D eigenvalue weighted by Gasteiger charge is -2.09. The van der Waals surface area contributed by atoms with Gasteiger partial charge in [0, 0.05) is 31.7 Å². The average molecular weight is 251 g/mol. The fourth-order valence-corrected chi connectivity index (χ4v) is 2.09. The zero-order valence-corrected chi connectivity index (χ0v) is 10.6. The monoisotopic (exact) mass is 251 g/mol. The fraction of sp³-hybridized carbons (Fsp3) is 0.692. The van der Waals surface area contributed by atoms with Gasteiger partial charge in [-0.3, -0.25) is 0 Å². The number of ether oxygens (including phenoxy) is 1. The maximum atomic E-state index is 8.69. The van der Waals surface area contributed by atoms with E-state index in [1.165, 1.54) is 0 Å². The van der Waals surface area contributed by atoms with Gasteiger partial charge in [0.15, 0.2) is 0 Å². The summed E-state index contributed by atoms with van der Waals surface area (Å²) in [5.74, 6) is 1.30. The number of aliphatic hydroxyl groups excluding tert-OH is 1. The smallest absolute Gasteiger partial charge is 0.129 e.